The molecule has 0 saturated heterocycles. The zero-order chi connectivity index (χ0) is 27.9. The standard InChI is InChI=1S/C30H37N3O4S/c1-6-28(30(35)31-22(2)3)32(20-25-12-8-7-9-13-25)29(34)21-33(26-14-10-11-24(5)19-26)38(36,37)27-17-15-23(4)16-18-27/h7-19,22,28H,6,20-21H2,1-5H3,(H,31,35)/t28-/m1/s1. The van der Waals surface area contributed by atoms with Crippen LogP contribution < -0.4 is 9.62 Å². The van der Waals surface area contributed by atoms with E-state index in [1.807, 2.05) is 71.0 Å². The fourth-order valence-electron chi connectivity index (χ4n) is 4.23. The first-order valence-corrected chi connectivity index (χ1v) is 14.3. The highest BCUT2D eigenvalue weighted by Gasteiger charge is 2.33. The van der Waals surface area contributed by atoms with Crippen LogP contribution in [-0.2, 0) is 26.2 Å². The lowest BCUT2D eigenvalue weighted by Gasteiger charge is -2.33. The van der Waals surface area contributed by atoms with Gasteiger partial charge in [0.15, 0.2) is 0 Å². The SMILES string of the molecule is CC[C@H](C(=O)NC(C)C)N(Cc1ccccc1)C(=O)CN(c1cccc(C)c1)S(=O)(=O)c1ccc(C)cc1. The largest absolute Gasteiger partial charge is 0.352 e. The van der Waals surface area contributed by atoms with Crippen LogP contribution in [0.3, 0.4) is 0 Å². The Morgan fingerprint density at radius 3 is 2.11 bits per heavy atom. The van der Waals surface area contributed by atoms with Crippen LogP contribution in [0.1, 0.15) is 43.9 Å². The third-order valence-corrected chi connectivity index (χ3v) is 7.98. The molecule has 0 heterocycles. The molecule has 8 heteroatoms. The van der Waals surface area contributed by atoms with Crippen molar-refractivity contribution in [3.05, 3.63) is 95.6 Å². The van der Waals surface area contributed by atoms with E-state index in [-0.39, 0.29) is 23.4 Å². The number of benzene rings is 3. The molecule has 7 nitrogen and oxygen atoms in total. The summed E-state index contributed by atoms with van der Waals surface area (Å²) in [7, 11) is -4.08. The molecule has 0 radical (unpaired) electrons. The van der Waals surface area contributed by atoms with Gasteiger partial charge in [0, 0.05) is 12.6 Å². The third kappa shape index (κ3) is 7.22. The van der Waals surface area contributed by atoms with Gasteiger partial charge < -0.3 is 10.2 Å². The van der Waals surface area contributed by atoms with E-state index >= 15 is 0 Å². The molecule has 0 fully saturated rings. The Hall–Kier alpha value is -3.65. The van der Waals surface area contributed by atoms with Crippen LogP contribution >= 0.6 is 0 Å². The molecule has 202 valence electrons. The van der Waals surface area contributed by atoms with Crippen molar-refractivity contribution in [3.63, 3.8) is 0 Å². The van der Waals surface area contributed by atoms with Gasteiger partial charge in [-0.2, -0.15) is 0 Å². The number of amides is 2. The molecule has 0 aliphatic heterocycles. The van der Waals surface area contributed by atoms with E-state index in [0.717, 1.165) is 21.0 Å². The zero-order valence-electron chi connectivity index (χ0n) is 22.7. The minimum Gasteiger partial charge on any atom is -0.352 e. The van der Waals surface area contributed by atoms with Crippen LogP contribution in [0.2, 0.25) is 0 Å². The first-order chi connectivity index (χ1) is 18.0. The number of sulfonamides is 1. The van der Waals surface area contributed by atoms with Crippen molar-refractivity contribution in [2.24, 2.45) is 0 Å². The highest BCUT2D eigenvalue weighted by Crippen LogP contribution is 2.26. The smallest absolute Gasteiger partial charge is 0.264 e. The van der Waals surface area contributed by atoms with Gasteiger partial charge in [-0.25, -0.2) is 8.42 Å². The summed E-state index contributed by atoms with van der Waals surface area (Å²) in [5.74, 6) is -0.730. The van der Waals surface area contributed by atoms with Crippen molar-refractivity contribution in [3.8, 4) is 0 Å². The number of nitrogens with zero attached hydrogens (tertiary/aromatic N) is 2. The van der Waals surface area contributed by atoms with Crippen molar-refractivity contribution in [1.82, 2.24) is 10.2 Å². The second-order valence-electron chi connectivity index (χ2n) is 9.76. The second-order valence-corrected chi connectivity index (χ2v) is 11.6. The van der Waals surface area contributed by atoms with Gasteiger partial charge in [-0.05, 0) is 69.5 Å². The molecule has 0 aliphatic rings. The average Bonchev–Trinajstić information content (AvgIpc) is 2.87. The molecule has 3 aromatic carbocycles. The van der Waals surface area contributed by atoms with Gasteiger partial charge in [0.05, 0.1) is 10.6 Å². The normalized spacial score (nSPS) is 12.2. The van der Waals surface area contributed by atoms with E-state index in [1.54, 1.807) is 42.5 Å². The Morgan fingerprint density at radius 1 is 0.868 bits per heavy atom. The quantitative estimate of drug-likeness (QED) is 0.381. The molecule has 0 aromatic heterocycles. The lowest BCUT2D eigenvalue weighted by atomic mass is 10.1. The summed E-state index contributed by atoms with van der Waals surface area (Å²) < 4.78 is 28.9. The van der Waals surface area contributed by atoms with Crippen molar-refractivity contribution in [2.45, 2.75) is 64.6 Å². The predicted molar refractivity (Wildman–Crippen MR) is 151 cm³/mol. The Labute approximate surface area is 226 Å². The zero-order valence-corrected chi connectivity index (χ0v) is 23.5. The molecule has 3 rings (SSSR count). The molecule has 0 saturated carbocycles. The van der Waals surface area contributed by atoms with Crippen molar-refractivity contribution in [2.75, 3.05) is 10.8 Å². The summed E-state index contributed by atoms with van der Waals surface area (Å²) in [5, 5.41) is 2.90. The molecular formula is C30H37N3O4S. The molecule has 0 spiro atoms. The lowest BCUT2D eigenvalue weighted by Crippen LogP contribution is -2.53. The maximum absolute atomic E-state index is 14.0. The molecule has 0 bridgehead atoms. The molecule has 0 aliphatic carbocycles. The number of rotatable bonds is 11. The number of aryl methyl sites for hydroxylation is 2. The van der Waals surface area contributed by atoms with Gasteiger partial charge in [0.1, 0.15) is 12.6 Å². The van der Waals surface area contributed by atoms with Crippen LogP contribution in [0.5, 0.6) is 0 Å². The fraction of sp³-hybridized carbons (Fsp3) is 0.333. The van der Waals surface area contributed by atoms with E-state index in [1.165, 1.54) is 4.90 Å². The molecule has 1 N–H and O–H groups in total. The van der Waals surface area contributed by atoms with Crippen LogP contribution in [0, 0.1) is 13.8 Å². The number of carbonyl (C=O) groups excluding carboxylic acids is 2. The summed E-state index contributed by atoms with van der Waals surface area (Å²) >= 11 is 0. The van der Waals surface area contributed by atoms with Crippen LogP contribution in [0.4, 0.5) is 5.69 Å². The van der Waals surface area contributed by atoms with Gasteiger partial charge in [-0.15, -0.1) is 0 Å². The lowest BCUT2D eigenvalue weighted by molar-refractivity contribution is -0.140. The molecule has 1 atom stereocenters. The number of carbonyl (C=O) groups is 2. The molecule has 2 amide bonds. The topological polar surface area (TPSA) is 86.8 Å². The van der Waals surface area contributed by atoms with E-state index in [9.17, 15) is 18.0 Å². The molecule has 38 heavy (non-hydrogen) atoms. The van der Waals surface area contributed by atoms with Gasteiger partial charge in [0.25, 0.3) is 10.0 Å². The minimum absolute atomic E-state index is 0.0941. The Morgan fingerprint density at radius 2 is 1.53 bits per heavy atom. The van der Waals surface area contributed by atoms with E-state index in [0.29, 0.717) is 12.1 Å². The summed E-state index contributed by atoms with van der Waals surface area (Å²) in [6, 6.07) is 22.1. The fourth-order valence-corrected chi connectivity index (χ4v) is 5.64. The third-order valence-electron chi connectivity index (χ3n) is 6.19. The van der Waals surface area contributed by atoms with Crippen LogP contribution in [0.15, 0.2) is 83.8 Å². The summed E-state index contributed by atoms with van der Waals surface area (Å²) in [6.07, 6.45) is 0.381. The van der Waals surface area contributed by atoms with Crippen molar-refractivity contribution < 1.29 is 18.0 Å². The Bertz CT molecular complexity index is 1340. The molecular weight excluding hydrogens is 498 g/mol. The average molecular weight is 536 g/mol. The maximum Gasteiger partial charge on any atom is 0.264 e. The summed E-state index contributed by atoms with van der Waals surface area (Å²) in [4.78, 5) is 28.7. The van der Waals surface area contributed by atoms with E-state index in [4.69, 9.17) is 0 Å². The minimum atomic E-state index is -4.08. The second kappa shape index (κ2) is 12.7. The predicted octanol–water partition coefficient (Wildman–Crippen LogP) is 4.83. The van der Waals surface area contributed by atoms with Crippen molar-refractivity contribution in [1.29, 1.82) is 0 Å². The van der Waals surface area contributed by atoms with Crippen molar-refractivity contribution >= 4 is 27.5 Å². The highest BCUT2D eigenvalue weighted by molar-refractivity contribution is 7.92. The van der Waals surface area contributed by atoms with E-state index in [2.05, 4.69) is 5.32 Å². The van der Waals surface area contributed by atoms with Gasteiger partial charge in [-0.3, -0.25) is 13.9 Å². The van der Waals surface area contributed by atoms with E-state index < -0.39 is 28.5 Å². The monoisotopic (exact) mass is 535 g/mol. The summed E-state index contributed by atoms with van der Waals surface area (Å²) in [5.41, 5.74) is 3.03. The summed E-state index contributed by atoms with van der Waals surface area (Å²) in [6.45, 7) is 9.05. The number of hydrogen-bond acceptors (Lipinski definition) is 4. The van der Waals surface area contributed by atoms with Gasteiger partial charge in [0.2, 0.25) is 11.8 Å². The van der Waals surface area contributed by atoms with Crippen LogP contribution in [0.25, 0.3) is 0 Å². The first kappa shape index (κ1) is 28.9. The number of nitrogens with one attached hydrogen (secondary N) is 1. The van der Waals surface area contributed by atoms with Gasteiger partial charge in [-0.1, -0.05) is 67.1 Å². The Kier molecular flexibility index (Phi) is 9.69. The number of anilines is 1. The Balaban J connectivity index is 2.05. The maximum atomic E-state index is 14.0. The van der Waals surface area contributed by atoms with Gasteiger partial charge >= 0.3 is 0 Å². The highest BCUT2D eigenvalue weighted by atomic mass is 32.2. The molecule has 3 aromatic rings. The van der Waals surface area contributed by atoms with Crippen LogP contribution in [-0.4, -0.2) is 43.8 Å². The molecule has 0 unspecified atom stereocenters. The number of hydrogen-bond donors (Lipinski definition) is 1. The first-order valence-electron chi connectivity index (χ1n) is 12.8.